The van der Waals surface area contributed by atoms with Crippen LogP contribution in [-0.4, -0.2) is 30.3 Å². The van der Waals surface area contributed by atoms with E-state index < -0.39 is 0 Å². The van der Waals surface area contributed by atoms with Gasteiger partial charge in [0.1, 0.15) is 11.5 Å². The highest BCUT2D eigenvalue weighted by Gasteiger charge is 2.14. The van der Waals surface area contributed by atoms with Gasteiger partial charge >= 0.3 is 0 Å². The van der Waals surface area contributed by atoms with E-state index in [1.54, 1.807) is 30.3 Å². The predicted octanol–water partition coefficient (Wildman–Crippen LogP) is 4.98. The standard InChI is InChI=1S/C24H21N3O4/c1-15-7-4-5-10-21(15)24-27-26-23(31-24)16-8-6-9-18(11-16)25-22(28)17-12-19(29-2)14-20(13-17)30-3/h4-14H,1-3H3,(H,25,28). The summed E-state index contributed by atoms with van der Waals surface area (Å²) >= 11 is 0. The quantitative estimate of drug-likeness (QED) is 0.478. The van der Waals surface area contributed by atoms with E-state index in [9.17, 15) is 4.79 Å². The summed E-state index contributed by atoms with van der Waals surface area (Å²) < 4.78 is 16.3. The molecule has 0 aliphatic carbocycles. The van der Waals surface area contributed by atoms with E-state index in [2.05, 4.69) is 15.5 Å². The average molecular weight is 415 g/mol. The Labute approximate surface area is 179 Å². The van der Waals surface area contributed by atoms with Gasteiger partial charge in [0.25, 0.3) is 5.91 Å². The third-order valence-corrected chi connectivity index (χ3v) is 4.78. The summed E-state index contributed by atoms with van der Waals surface area (Å²) in [6.07, 6.45) is 0. The number of ether oxygens (including phenoxy) is 2. The normalized spacial score (nSPS) is 10.5. The fourth-order valence-corrected chi connectivity index (χ4v) is 3.13. The smallest absolute Gasteiger partial charge is 0.255 e. The lowest BCUT2D eigenvalue weighted by atomic mass is 10.1. The van der Waals surface area contributed by atoms with Crippen LogP contribution < -0.4 is 14.8 Å². The number of benzene rings is 3. The Balaban J connectivity index is 1.57. The number of hydrogen-bond acceptors (Lipinski definition) is 6. The lowest BCUT2D eigenvalue weighted by Gasteiger charge is -2.09. The van der Waals surface area contributed by atoms with Crippen molar-refractivity contribution in [1.29, 1.82) is 0 Å². The van der Waals surface area contributed by atoms with Crippen molar-refractivity contribution in [2.24, 2.45) is 0 Å². The molecule has 1 N–H and O–H groups in total. The van der Waals surface area contributed by atoms with Gasteiger partial charge < -0.3 is 19.2 Å². The summed E-state index contributed by atoms with van der Waals surface area (Å²) in [7, 11) is 3.07. The summed E-state index contributed by atoms with van der Waals surface area (Å²) in [6.45, 7) is 1.99. The molecule has 7 nitrogen and oxygen atoms in total. The van der Waals surface area contributed by atoms with Crippen LogP contribution in [0.1, 0.15) is 15.9 Å². The van der Waals surface area contributed by atoms with Gasteiger partial charge in [0.2, 0.25) is 11.8 Å². The van der Waals surface area contributed by atoms with Crippen LogP contribution in [0.25, 0.3) is 22.9 Å². The first kappa shape index (κ1) is 20.2. The molecule has 0 radical (unpaired) electrons. The second-order valence-corrected chi connectivity index (χ2v) is 6.86. The number of hydrogen-bond donors (Lipinski definition) is 1. The number of carbonyl (C=O) groups is 1. The minimum Gasteiger partial charge on any atom is -0.497 e. The van der Waals surface area contributed by atoms with E-state index in [-0.39, 0.29) is 5.91 Å². The molecule has 0 fully saturated rings. The van der Waals surface area contributed by atoms with Crippen LogP contribution in [-0.2, 0) is 0 Å². The number of rotatable bonds is 6. The maximum atomic E-state index is 12.8. The summed E-state index contributed by atoms with van der Waals surface area (Å²) in [4.78, 5) is 12.8. The van der Waals surface area contributed by atoms with Crippen molar-refractivity contribution in [3.05, 3.63) is 77.9 Å². The first-order chi connectivity index (χ1) is 15.1. The molecular weight excluding hydrogens is 394 g/mol. The molecule has 4 rings (SSSR count). The van der Waals surface area contributed by atoms with Gasteiger partial charge in [0.15, 0.2) is 0 Å². The molecule has 7 heteroatoms. The number of nitrogens with one attached hydrogen (secondary N) is 1. The van der Waals surface area contributed by atoms with Crippen molar-refractivity contribution in [3.63, 3.8) is 0 Å². The fraction of sp³-hybridized carbons (Fsp3) is 0.125. The number of amides is 1. The van der Waals surface area contributed by atoms with Crippen molar-refractivity contribution in [2.45, 2.75) is 6.92 Å². The molecular formula is C24H21N3O4. The minimum atomic E-state index is -0.291. The van der Waals surface area contributed by atoms with Crippen LogP contribution in [0.15, 0.2) is 71.1 Å². The molecule has 156 valence electrons. The maximum Gasteiger partial charge on any atom is 0.255 e. The number of carbonyl (C=O) groups excluding carboxylic acids is 1. The molecule has 4 aromatic rings. The summed E-state index contributed by atoms with van der Waals surface area (Å²) in [6, 6.07) is 20.0. The zero-order valence-corrected chi connectivity index (χ0v) is 17.4. The molecule has 0 spiro atoms. The number of methoxy groups -OCH3 is 2. The number of aromatic nitrogens is 2. The second-order valence-electron chi connectivity index (χ2n) is 6.86. The molecule has 1 heterocycles. The van der Waals surface area contributed by atoms with Crippen molar-refractivity contribution >= 4 is 11.6 Å². The van der Waals surface area contributed by atoms with E-state index in [1.165, 1.54) is 14.2 Å². The molecule has 0 saturated carbocycles. The first-order valence-electron chi connectivity index (χ1n) is 9.62. The Morgan fingerprint density at radius 1 is 0.871 bits per heavy atom. The second kappa shape index (κ2) is 8.71. The Morgan fingerprint density at radius 3 is 2.29 bits per heavy atom. The van der Waals surface area contributed by atoms with Gasteiger partial charge in [-0.05, 0) is 48.9 Å². The average Bonchev–Trinajstić information content (AvgIpc) is 3.29. The van der Waals surface area contributed by atoms with Crippen LogP contribution in [0, 0.1) is 6.92 Å². The monoisotopic (exact) mass is 415 g/mol. The Bertz CT molecular complexity index is 1210. The largest absolute Gasteiger partial charge is 0.497 e. The molecule has 3 aromatic carbocycles. The van der Waals surface area contributed by atoms with Crippen LogP contribution >= 0.6 is 0 Å². The van der Waals surface area contributed by atoms with E-state index in [0.717, 1.165) is 11.1 Å². The molecule has 0 atom stereocenters. The molecule has 0 unspecified atom stereocenters. The van der Waals surface area contributed by atoms with Crippen molar-refractivity contribution < 1.29 is 18.7 Å². The first-order valence-corrected chi connectivity index (χ1v) is 9.62. The molecule has 0 aliphatic heterocycles. The van der Waals surface area contributed by atoms with E-state index in [0.29, 0.717) is 40.1 Å². The number of aryl methyl sites for hydroxylation is 1. The van der Waals surface area contributed by atoms with Crippen LogP contribution in [0.5, 0.6) is 11.5 Å². The highest BCUT2D eigenvalue weighted by molar-refractivity contribution is 6.05. The lowest BCUT2D eigenvalue weighted by molar-refractivity contribution is 0.102. The highest BCUT2D eigenvalue weighted by atomic mass is 16.5. The molecule has 1 amide bonds. The van der Waals surface area contributed by atoms with Gasteiger partial charge in [0.05, 0.1) is 14.2 Å². The fourth-order valence-electron chi connectivity index (χ4n) is 3.13. The molecule has 31 heavy (non-hydrogen) atoms. The van der Waals surface area contributed by atoms with Gasteiger partial charge in [-0.2, -0.15) is 0 Å². The topological polar surface area (TPSA) is 86.5 Å². The molecule has 1 aromatic heterocycles. The van der Waals surface area contributed by atoms with Gasteiger partial charge in [0, 0.05) is 28.4 Å². The Morgan fingerprint density at radius 2 is 1.58 bits per heavy atom. The number of anilines is 1. The van der Waals surface area contributed by atoms with Crippen molar-refractivity contribution in [2.75, 3.05) is 19.5 Å². The summed E-state index contributed by atoms with van der Waals surface area (Å²) in [5, 5.41) is 11.2. The summed E-state index contributed by atoms with van der Waals surface area (Å²) in [5.41, 5.74) is 3.65. The Kier molecular flexibility index (Phi) is 5.66. The highest BCUT2D eigenvalue weighted by Crippen LogP contribution is 2.28. The SMILES string of the molecule is COc1cc(OC)cc(C(=O)Nc2cccc(-c3nnc(-c4ccccc4C)o3)c2)c1. The minimum absolute atomic E-state index is 0.291. The van der Waals surface area contributed by atoms with E-state index in [4.69, 9.17) is 13.9 Å². The molecule has 0 aliphatic rings. The molecule has 0 saturated heterocycles. The van der Waals surface area contributed by atoms with Crippen molar-refractivity contribution in [1.82, 2.24) is 10.2 Å². The predicted molar refractivity (Wildman–Crippen MR) is 117 cm³/mol. The van der Waals surface area contributed by atoms with Gasteiger partial charge in [-0.3, -0.25) is 4.79 Å². The van der Waals surface area contributed by atoms with Gasteiger partial charge in [-0.25, -0.2) is 0 Å². The summed E-state index contributed by atoms with van der Waals surface area (Å²) in [5.74, 6) is 1.60. The molecule has 0 bridgehead atoms. The van der Waals surface area contributed by atoms with Crippen LogP contribution in [0.4, 0.5) is 5.69 Å². The van der Waals surface area contributed by atoms with Crippen LogP contribution in [0.3, 0.4) is 0 Å². The zero-order valence-electron chi connectivity index (χ0n) is 17.4. The lowest BCUT2D eigenvalue weighted by Crippen LogP contribution is -2.12. The Hall–Kier alpha value is -4.13. The van der Waals surface area contributed by atoms with E-state index in [1.807, 2.05) is 43.3 Å². The van der Waals surface area contributed by atoms with Gasteiger partial charge in [-0.15, -0.1) is 10.2 Å². The third kappa shape index (κ3) is 4.40. The van der Waals surface area contributed by atoms with E-state index >= 15 is 0 Å². The maximum absolute atomic E-state index is 12.8. The number of nitrogens with zero attached hydrogens (tertiary/aromatic N) is 2. The third-order valence-electron chi connectivity index (χ3n) is 4.78. The van der Waals surface area contributed by atoms with Crippen molar-refractivity contribution in [3.8, 4) is 34.4 Å². The van der Waals surface area contributed by atoms with Gasteiger partial charge in [-0.1, -0.05) is 24.3 Å². The zero-order chi connectivity index (χ0) is 21.8. The van der Waals surface area contributed by atoms with Crippen LogP contribution in [0.2, 0.25) is 0 Å².